The standard InChI is InChI=1S/C15H18N4O2.C2H6.CH4O2S/c20-8-10-1-2-12(5-10)19-15-13(7-17-9-18-15)14(21)11-3-4-16-6-11;1-2;1-3-4-2/h3-4,6-7,9-10,12,16,20H,1-2,5,8H2,(H,17,18,19);1-2H3;2H,1H3. The lowest BCUT2D eigenvalue weighted by Crippen LogP contribution is -2.19. The van der Waals surface area contributed by atoms with Gasteiger partial charge in [0.15, 0.2) is 18.1 Å². The molecule has 0 radical (unpaired) electrons. The SMILES string of the molecule is CC.COSO.O=C(c1cc[nH]c1)c1cncnc1NC1CCC(CO)C1. The normalized spacial score (nSPS) is 18.0. The maximum absolute atomic E-state index is 12.4. The lowest BCUT2D eigenvalue weighted by atomic mass is 10.1. The summed E-state index contributed by atoms with van der Waals surface area (Å²) in [5.41, 5.74) is 1.07. The highest BCUT2D eigenvalue weighted by atomic mass is 32.2. The summed E-state index contributed by atoms with van der Waals surface area (Å²) in [6.45, 7) is 4.22. The second-order valence-corrected chi connectivity index (χ2v) is 6.14. The van der Waals surface area contributed by atoms with Crippen molar-refractivity contribution in [2.24, 2.45) is 5.92 Å². The molecule has 8 nitrogen and oxygen atoms in total. The molecule has 0 saturated heterocycles. The van der Waals surface area contributed by atoms with Crippen molar-refractivity contribution in [1.82, 2.24) is 15.0 Å². The summed E-state index contributed by atoms with van der Waals surface area (Å²) in [7, 11) is 1.39. The maximum atomic E-state index is 12.4. The Bertz CT molecular complexity index is 653. The van der Waals surface area contributed by atoms with Crippen LogP contribution in [0, 0.1) is 5.92 Å². The third kappa shape index (κ3) is 7.30. The molecule has 2 aromatic heterocycles. The van der Waals surface area contributed by atoms with Crippen LogP contribution in [0.15, 0.2) is 31.0 Å². The molecule has 1 fully saturated rings. The smallest absolute Gasteiger partial charge is 0.199 e. The van der Waals surface area contributed by atoms with Crippen molar-refractivity contribution >= 4 is 23.9 Å². The summed E-state index contributed by atoms with van der Waals surface area (Å²) in [5, 5.41) is 12.5. The molecular weight excluding hydrogens is 368 g/mol. The number of rotatable bonds is 6. The van der Waals surface area contributed by atoms with Gasteiger partial charge >= 0.3 is 0 Å². The van der Waals surface area contributed by atoms with E-state index in [0.717, 1.165) is 19.3 Å². The first kappa shape index (κ1) is 23.1. The molecule has 2 heterocycles. The Labute approximate surface area is 164 Å². The number of carbonyl (C=O) groups excluding carboxylic acids is 1. The summed E-state index contributed by atoms with van der Waals surface area (Å²) >= 11 is 0.356. The first-order chi connectivity index (χ1) is 13.2. The maximum Gasteiger partial charge on any atom is 0.199 e. The molecule has 0 spiro atoms. The zero-order valence-electron chi connectivity index (χ0n) is 15.9. The number of nitrogens with one attached hydrogen (secondary N) is 2. The second kappa shape index (κ2) is 13.3. The molecule has 1 aliphatic rings. The van der Waals surface area contributed by atoms with Crippen LogP contribution in [-0.4, -0.2) is 50.2 Å². The fraction of sp³-hybridized carbons (Fsp3) is 0.500. The highest BCUT2D eigenvalue weighted by molar-refractivity contribution is 7.88. The summed E-state index contributed by atoms with van der Waals surface area (Å²) in [5.74, 6) is 0.809. The monoisotopic (exact) mass is 396 g/mol. The van der Waals surface area contributed by atoms with E-state index in [0.29, 0.717) is 35.2 Å². The van der Waals surface area contributed by atoms with Crippen molar-refractivity contribution in [3.63, 3.8) is 0 Å². The average Bonchev–Trinajstić information content (AvgIpc) is 3.42. The summed E-state index contributed by atoms with van der Waals surface area (Å²) in [6, 6.07) is 1.98. The van der Waals surface area contributed by atoms with E-state index in [4.69, 9.17) is 4.55 Å². The first-order valence-corrected chi connectivity index (χ1v) is 9.58. The molecule has 1 aliphatic carbocycles. The summed E-state index contributed by atoms with van der Waals surface area (Å²) in [6.07, 6.45) is 9.24. The molecule has 0 aliphatic heterocycles. The van der Waals surface area contributed by atoms with E-state index in [1.54, 1.807) is 24.7 Å². The van der Waals surface area contributed by atoms with Crippen LogP contribution >= 0.6 is 12.3 Å². The molecule has 9 heteroatoms. The fourth-order valence-corrected chi connectivity index (χ4v) is 2.80. The molecule has 4 N–H and O–H groups in total. The Balaban J connectivity index is 0.000000541. The van der Waals surface area contributed by atoms with Crippen molar-refractivity contribution in [2.45, 2.75) is 39.2 Å². The van der Waals surface area contributed by atoms with E-state index in [1.165, 1.54) is 13.4 Å². The van der Waals surface area contributed by atoms with Crippen molar-refractivity contribution in [3.8, 4) is 0 Å². The predicted octanol–water partition coefficient (Wildman–Crippen LogP) is 3.39. The van der Waals surface area contributed by atoms with Crippen molar-refractivity contribution in [3.05, 3.63) is 42.1 Å². The van der Waals surface area contributed by atoms with E-state index < -0.39 is 0 Å². The van der Waals surface area contributed by atoms with Gasteiger partial charge < -0.3 is 20.0 Å². The van der Waals surface area contributed by atoms with Gasteiger partial charge in [0.05, 0.1) is 12.7 Å². The average molecular weight is 397 g/mol. The predicted molar refractivity (Wildman–Crippen MR) is 107 cm³/mol. The largest absolute Gasteiger partial charge is 0.396 e. The van der Waals surface area contributed by atoms with Gasteiger partial charge in [-0.1, -0.05) is 13.8 Å². The van der Waals surface area contributed by atoms with Gasteiger partial charge in [-0.3, -0.25) is 8.98 Å². The number of nitrogens with zero attached hydrogens (tertiary/aromatic N) is 2. The number of anilines is 1. The molecule has 2 aromatic rings. The zero-order valence-corrected chi connectivity index (χ0v) is 16.7. The molecule has 27 heavy (non-hydrogen) atoms. The highest BCUT2D eigenvalue weighted by Gasteiger charge is 2.25. The Morgan fingerprint density at radius 1 is 1.44 bits per heavy atom. The van der Waals surface area contributed by atoms with Gasteiger partial charge in [-0.05, 0) is 31.2 Å². The van der Waals surface area contributed by atoms with Gasteiger partial charge in [0.1, 0.15) is 12.1 Å². The Morgan fingerprint density at radius 3 is 2.74 bits per heavy atom. The number of ketones is 1. The van der Waals surface area contributed by atoms with Crippen LogP contribution in [0.3, 0.4) is 0 Å². The Morgan fingerprint density at radius 2 is 2.19 bits per heavy atom. The minimum absolute atomic E-state index is 0.101. The van der Waals surface area contributed by atoms with Crippen LogP contribution in [0.2, 0.25) is 0 Å². The van der Waals surface area contributed by atoms with Crippen LogP contribution in [-0.2, 0) is 4.18 Å². The van der Waals surface area contributed by atoms with Gasteiger partial charge in [0.25, 0.3) is 0 Å². The molecule has 3 rings (SSSR count). The van der Waals surface area contributed by atoms with Gasteiger partial charge in [0.2, 0.25) is 0 Å². The number of hydrogen-bond donors (Lipinski definition) is 4. The van der Waals surface area contributed by atoms with E-state index in [2.05, 4.69) is 24.5 Å². The summed E-state index contributed by atoms with van der Waals surface area (Å²) in [4.78, 5) is 23.5. The Kier molecular flexibility index (Phi) is 11.3. The molecule has 1 saturated carbocycles. The quantitative estimate of drug-likeness (QED) is 0.433. The third-order valence-corrected chi connectivity index (χ3v) is 4.18. The lowest BCUT2D eigenvalue weighted by molar-refractivity contribution is 0.103. The van der Waals surface area contributed by atoms with Gasteiger partial charge in [-0.2, -0.15) is 0 Å². The van der Waals surface area contributed by atoms with Crippen molar-refractivity contribution in [2.75, 3.05) is 19.0 Å². The molecule has 0 aromatic carbocycles. The molecular formula is C18H28N4O4S. The van der Waals surface area contributed by atoms with Crippen molar-refractivity contribution < 1.29 is 18.6 Å². The second-order valence-electron chi connectivity index (χ2n) is 5.66. The van der Waals surface area contributed by atoms with Gasteiger partial charge in [-0.25, -0.2) is 9.97 Å². The number of hydrogen-bond acceptors (Lipinski definition) is 8. The molecule has 0 bridgehead atoms. The van der Waals surface area contributed by atoms with Crippen molar-refractivity contribution in [1.29, 1.82) is 0 Å². The van der Waals surface area contributed by atoms with Gasteiger partial charge in [0, 0.05) is 36.8 Å². The third-order valence-electron chi connectivity index (χ3n) is 4.03. The fourth-order valence-electron chi connectivity index (χ4n) is 2.80. The van der Waals surface area contributed by atoms with Crippen LogP contribution < -0.4 is 5.32 Å². The minimum atomic E-state index is -0.101. The number of aromatic amines is 1. The number of aliphatic hydroxyl groups is 1. The van der Waals surface area contributed by atoms with E-state index >= 15 is 0 Å². The highest BCUT2D eigenvalue weighted by Crippen LogP contribution is 2.28. The molecule has 2 unspecified atom stereocenters. The minimum Gasteiger partial charge on any atom is -0.396 e. The number of carbonyl (C=O) groups is 1. The zero-order chi connectivity index (χ0) is 20.1. The van der Waals surface area contributed by atoms with E-state index in [-0.39, 0.29) is 18.4 Å². The molecule has 0 amide bonds. The first-order valence-electron chi connectivity index (χ1n) is 8.88. The van der Waals surface area contributed by atoms with Gasteiger partial charge in [-0.15, -0.1) is 0 Å². The number of aliphatic hydroxyl groups excluding tert-OH is 1. The van der Waals surface area contributed by atoms with E-state index in [1.807, 2.05) is 13.8 Å². The molecule has 150 valence electrons. The lowest BCUT2D eigenvalue weighted by Gasteiger charge is -2.15. The summed E-state index contributed by atoms with van der Waals surface area (Å²) < 4.78 is 11.6. The number of aromatic nitrogens is 3. The number of H-pyrrole nitrogens is 1. The van der Waals surface area contributed by atoms with E-state index in [9.17, 15) is 9.90 Å². The van der Waals surface area contributed by atoms with Crippen LogP contribution in [0.1, 0.15) is 49.0 Å². The Hall–Kier alpha value is -1.94. The van der Waals surface area contributed by atoms with Crippen LogP contribution in [0.5, 0.6) is 0 Å². The van der Waals surface area contributed by atoms with Crippen LogP contribution in [0.4, 0.5) is 5.82 Å². The van der Waals surface area contributed by atoms with Crippen LogP contribution in [0.25, 0.3) is 0 Å². The topological polar surface area (TPSA) is 120 Å². The molecule has 2 atom stereocenters.